The van der Waals surface area contributed by atoms with E-state index in [-0.39, 0.29) is 18.7 Å². The SMILES string of the molecule is COCOc1ccccc1-c1cc(-c2cnn(C(C)c3ccc(F)nc3)c2)c(N)nn1. The first-order chi connectivity index (χ1) is 15.1. The Morgan fingerprint density at radius 1 is 1.10 bits per heavy atom. The van der Waals surface area contributed by atoms with E-state index in [9.17, 15) is 4.39 Å². The third-order valence-electron chi connectivity index (χ3n) is 4.86. The number of nitrogens with two attached hydrogens (primary N) is 1. The largest absolute Gasteiger partial charge is 0.467 e. The Balaban J connectivity index is 1.67. The Morgan fingerprint density at radius 2 is 1.94 bits per heavy atom. The van der Waals surface area contributed by atoms with Crippen molar-refractivity contribution in [1.29, 1.82) is 0 Å². The molecular weight excluding hydrogens is 399 g/mol. The first-order valence-electron chi connectivity index (χ1n) is 9.57. The van der Waals surface area contributed by atoms with Crippen LogP contribution in [0.15, 0.2) is 61.1 Å². The second-order valence-electron chi connectivity index (χ2n) is 6.87. The smallest absolute Gasteiger partial charge is 0.212 e. The van der Waals surface area contributed by atoms with Gasteiger partial charge in [0.2, 0.25) is 5.95 Å². The Morgan fingerprint density at radius 3 is 2.71 bits per heavy atom. The van der Waals surface area contributed by atoms with Gasteiger partial charge in [-0.3, -0.25) is 4.68 Å². The molecule has 0 saturated carbocycles. The summed E-state index contributed by atoms with van der Waals surface area (Å²) < 4.78 is 25.5. The number of hydrogen-bond acceptors (Lipinski definition) is 7. The van der Waals surface area contributed by atoms with Gasteiger partial charge in [0, 0.05) is 36.2 Å². The molecule has 4 aromatic rings. The number of halogens is 1. The molecule has 0 fully saturated rings. The van der Waals surface area contributed by atoms with E-state index >= 15 is 0 Å². The molecule has 1 unspecified atom stereocenters. The van der Waals surface area contributed by atoms with Crippen LogP contribution in [0.4, 0.5) is 10.2 Å². The number of ether oxygens (including phenoxy) is 2. The lowest BCUT2D eigenvalue weighted by Gasteiger charge is -2.12. The molecule has 1 atom stereocenters. The third-order valence-corrected chi connectivity index (χ3v) is 4.86. The van der Waals surface area contributed by atoms with Gasteiger partial charge in [-0.2, -0.15) is 9.49 Å². The van der Waals surface area contributed by atoms with Gasteiger partial charge in [-0.15, -0.1) is 10.2 Å². The van der Waals surface area contributed by atoms with Crippen molar-refractivity contribution in [3.8, 4) is 28.1 Å². The summed E-state index contributed by atoms with van der Waals surface area (Å²) >= 11 is 0. The first kappa shape index (κ1) is 20.4. The van der Waals surface area contributed by atoms with Gasteiger partial charge in [0.05, 0.1) is 17.9 Å². The molecule has 4 rings (SSSR count). The molecule has 158 valence electrons. The van der Waals surface area contributed by atoms with Gasteiger partial charge in [0.1, 0.15) is 5.75 Å². The average Bonchev–Trinajstić information content (AvgIpc) is 3.28. The molecule has 2 N–H and O–H groups in total. The summed E-state index contributed by atoms with van der Waals surface area (Å²) in [6.45, 7) is 2.07. The predicted molar refractivity (Wildman–Crippen MR) is 114 cm³/mol. The molecule has 0 bridgehead atoms. The predicted octanol–water partition coefficient (Wildman–Crippen LogP) is 3.72. The second-order valence-corrected chi connectivity index (χ2v) is 6.87. The van der Waals surface area contributed by atoms with Crippen LogP contribution in [0.25, 0.3) is 22.4 Å². The first-order valence-corrected chi connectivity index (χ1v) is 9.57. The van der Waals surface area contributed by atoms with Crippen LogP contribution in [-0.2, 0) is 4.74 Å². The number of hydrogen-bond donors (Lipinski definition) is 1. The molecule has 8 nitrogen and oxygen atoms in total. The van der Waals surface area contributed by atoms with Crippen molar-refractivity contribution in [3.63, 3.8) is 0 Å². The molecule has 1 aromatic carbocycles. The zero-order valence-electron chi connectivity index (χ0n) is 17.1. The summed E-state index contributed by atoms with van der Waals surface area (Å²) in [5.41, 5.74) is 9.81. The van der Waals surface area contributed by atoms with E-state index in [2.05, 4.69) is 20.3 Å². The van der Waals surface area contributed by atoms with E-state index in [1.165, 1.54) is 12.3 Å². The summed E-state index contributed by atoms with van der Waals surface area (Å²) in [6.07, 6.45) is 5.06. The summed E-state index contributed by atoms with van der Waals surface area (Å²) in [7, 11) is 1.56. The Labute approximate surface area is 178 Å². The van der Waals surface area contributed by atoms with Crippen molar-refractivity contribution >= 4 is 5.82 Å². The maximum atomic E-state index is 13.1. The number of nitrogens with zero attached hydrogens (tertiary/aromatic N) is 5. The lowest BCUT2D eigenvalue weighted by Crippen LogP contribution is -2.07. The topological polar surface area (TPSA) is 101 Å². The number of nitrogen functional groups attached to an aromatic ring is 1. The maximum Gasteiger partial charge on any atom is 0.212 e. The molecule has 0 amide bonds. The van der Waals surface area contributed by atoms with Crippen LogP contribution in [-0.4, -0.2) is 38.9 Å². The van der Waals surface area contributed by atoms with E-state index < -0.39 is 5.95 Å². The normalized spacial score (nSPS) is 12.0. The van der Waals surface area contributed by atoms with Crippen molar-refractivity contribution in [2.24, 2.45) is 0 Å². The number of benzene rings is 1. The standard InChI is InChI=1S/C22H21FN6O2/c1-14(15-7-8-21(23)25-10-15)29-12-16(11-26-29)18-9-19(27-28-22(18)24)17-5-3-4-6-20(17)31-13-30-2/h3-12,14H,13H2,1-2H3,(H2,24,28). The van der Waals surface area contributed by atoms with Gasteiger partial charge in [-0.1, -0.05) is 18.2 Å². The maximum absolute atomic E-state index is 13.1. The fourth-order valence-electron chi connectivity index (χ4n) is 3.17. The second kappa shape index (κ2) is 8.88. The molecule has 0 saturated heterocycles. The van der Waals surface area contributed by atoms with Gasteiger partial charge in [0.25, 0.3) is 0 Å². The molecule has 31 heavy (non-hydrogen) atoms. The molecule has 0 aliphatic rings. The van der Waals surface area contributed by atoms with Crippen molar-refractivity contribution in [3.05, 3.63) is 72.6 Å². The number of pyridine rings is 1. The van der Waals surface area contributed by atoms with Crippen LogP contribution in [0.2, 0.25) is 0 Å². The lowest BCUT2D eigenvalue weighted by atomic mass is 10.1. The molecule has 0 radical (unpaired) electrons. The van der Waals surface area contributed by atoms with Crippen LogP contribution in [0.5, 0.6) is 5.75 Å². The van der Waals surface area contributed by atoms with Crippen molar-refractivity contribution in [1.82, 2.24) is 25.0 Å². The van der Waals surface area contributed by atoms with Gasteiger partial charge in [0.15, 0.2) is 12.6 Å². The Kier molecular flexibility index (Phi) is 5.85. The highest BCUT2D eigenvalue weighted by atomic mass is 19.1. The molecular formula is C22H21FN6O2. The average molecular weight is 420 g/mol. The van der Waals surface area contributed by atoms with E-state index in [0.717, 1.165) is 16.7 Å². The van der Waals surface area contributed by atoms with Crippen LogP contribution in [0, 0.1) is 5.95 Å². The summed E-state index contributed by atoms with van der Waals surface area (Å²) in [4.78, 5) is 3.71. The highest BCUT2D eigenvalue weighted by Gasteiger charge is 2.16. The number of rotatable bonds is 7. The van der Waals surface area contributed by atoms with Gasteiger partial charge >= 0.3 is 0 Å². The van der Waals surface area contributed by atoms with Crippen LogP contribution in [0.1, 0.15) is 18.5 Å². The lowest BCUT2D eigenvalue weighted by molar-refractivity contribution is 0.0515. The van der Waals surface area contributed by atoms with Crippen LogP contribution < -0.4 is 10.5 Å². The summed E-state index contributed by atoms with van der Waals surface area (Å²) in [5, 5.41) is 12.8. The molecule has 3 aromatic heterocycles. The monoisotopic (exact) mass is 420 g/mol. The molecule has 0 aliphatic carbocycles. The van der Waals surface area contributed by atoms with Crippen molar-refractivity contribution < 1.29 is 13.9 Å². The molecule has 0 aliphatic heterocycles. The Bertz CT molecular complexity index is 1180. The Hall–Kier alpha value is -3.85. The highest BCUT2D eigenvalue weighted by Crippen LogP contribution is 2.33. The third kappa shape index (κ3) is 4.36. The minimum atomic E-state index is -0.518. The van der Waals surface area contributed by atoms with Gasteiger partial charge in [-0.25, -0.2) is 4.98 Å². The van der Waals surface area contributed by atoms with E-state index in [0.29, 0.717) is 17.0 Å². The van der Waals surface area contributed by atoms with Crippen LogP contribution >= 0.6 is 0 Å². The molecule has 3 heterocycles. The molecule has 9 heteroatoms. The van der Waals surface area contributed by atoms with Crippen molar-refractivity contribution in [2.45, 2.75) is 13.0 Å². The zero-order valence-corrected chi connectivity index (χ0v) is 17.1. The summed E-state index contributed by atoms with van der Waals surface area (Å²) in [6, 6.07) is 12.2. The number of methoxy groups -OCH3 is 1. The number of aromatic nitrogens is 5. The quantitative estimate of drug-likeness (QED) is 0.359. The van der Waals surface area contributed by atoms with E-state index in [1.54, 1.807) is 24.1 Å². The number of anilines is 1. The van der Waals surface area contributed by atoms with Gasteiger partial charge < -0.3 is 15.2 Å². The van der Waals surface area contributed by atoms with E-state index in [4.69, 9.17) is 15.2 Å². The highest BCUT2D eigenvalue weighted by molar-refractivity contribution is 5.78. The van der Waals surface area contributed by atoms with Gasteiger partial charge in [-0.05, 0) is 36.8 Å². The summed E-state index contributed by atoms with van der Waals surface area (Å²) in [5.74, 6) is 0.396. The minimum Gasteiger partial charge on any atom is -0.467 e. The van der Waals surface area contributed by atoms with E-state index in [1.807, 2.05) is 43.5 Å². The molecule has 0 spiro atoms. The number of para-hydroxylation sites is 1. The fraction of sp³-hybridized carbons (Fsp3) is 0.182. The van der Waals surface area contributed by atoms with Crippen molar-refractivity contribution in [2.75, 3.05) is 19.6 Å². The van der Waals surface area contributed by atoms with Crippen LogP contribution in [0.3, 0.4) is 0 Å². The fourth-order valence-corrected chi connectivity index (χ4v) is 3.17. The zero-order chi connectivity index (χ0) is 21.8. The minimum absolute atomic E-state index is 0.120.